The number of amides is 1. The Morgan fingerprint density at radius 1 is 1.23 bits per heavy atom. The van der Waals surface area contributed by atoms with Crippen molar-refractivity contribution < 1.29 is 27.9 Å². The number of carboxylic acid groups (broad SMARTS) is 1. The van der Waals surface area contributed by atoms with Gasteiger partial charge in [-0.25, -0.2) is 9.78 Å². The third kappa shape index (κ3) is 4.51. The van der Waals surface area contributed by atoms with Crippen molar-refractivity contribution in [3.8, 4) is 0 Å². The summed E-state index contributed by atoms with van der Waals surface area (Å²) in [5, 5.41) is 14.2. The number of aromatic carboxylic acids is 1. The van der Waals surface area contributed by atoms with Crippen LogP contribution in [0, 0.1) is 0 Å². The van der Waals surface area contributed by atoms with Crippen molar-refractivity contribution in [2.45, 2.75) is 13.1 Å². The van der Waals surface area contributed by atoms with Crippen molar-refractivity contribution >= 4 is 39.2 Å². The molecule has 0 aliphatic carbocycles. The van der Waals surface area contributed by atoms with E-state index in [1.165, 1.54) is 0 Å². The van der Waals surface area contributed by atoms with Gasteiger partial charge in [-0.2, -0.15) is 13.2 Å². The molecule has 1 aromatic heterocycles. The Hall–Kier alpha value is -2.62. The minimum atomic E-state index is -4.90. The van der Waals surface area contributed by atoms with Gasteiger partial charge >= 0.3 is 12.1 Å². The van der Waals surface area contributed by atoms with Crippen molar-refractivity contribution in [2.24, 2.45) is 0 Å². The lowest BCUT2D eigenvalue weighted by Crippen LogP contribution is -2.21. The predicted molar refractivity (Wildman–Crippen MR) is 92.5 cm³/mol. The number of nitrogens with zero attached hydrogens (tertiary/aromatic N) is 1. The Kier molecular flexibility index (Phi) is 5.86. The van der Waals surface area contributed by atoms with Gasteiger partial charge in [-0.1, -0.05) is 15.9 Å². The number of aromatic nitrogens is 1. The summed E-state index contributed by atoms with van der Waals surface area (Å²) in [6.45, 7) is 1.80. The molecule has 3 N–H and O–H groups in total. The zero-order valence-electron chi connectivity index (χ0n) is 13.3. The van der Waals surface area contributed by atoms with Crippen molar-refractivity contribution in [3.63, 3.8) is 0 Å². The third-order valence-electron chi connectivity index (χ3n) is 3.21. The summed E-state index contributed by atoms with van der Waals surface area (Å²) < 4.78 is 39.9. The first-order chi connectivity index (χ1) is 12.1. The molecule has 0 unspecified atom stereocenters. The summed E-state index contributed by atoms with van der Waals surface area (Å²) in [4.78, 5) is 27.0. The molecule has 0 aliphatic rings. The first-order valence-corrected chi connectivity index (χ1v) is 8.09. The van der Waals surface area contributed by atoms with Crippen LogP contribution in [0.2, 0.25) is 0 Å². The van der Waals surface area contributed by atoms with Crippen LogP contribution in [0.5, 0.6) is 0 Å². The van der Waals surface area contributed by atoms with Gasteiger partial charge in [0.1, 0.15) is 5.69 Å². The van der Waals surface area contributed by atoms with Gasteiger partial charge in [-0.05, 0) is 37.3 Å². The van der Waals surface area contributed by atoms with Gasteiger partial charge in [0.25, 0.3) is 5.91 Å². The second kappa shape index (κ2) is 7.73. The molecule has 26 heavy (non-hydrogen) atoms. The molecule has 0 atom stereocenters. The van der Waals surface area contributed by atoms with Crippen molar-refractivity contribution in [1.82, 2.24) is 4.98 Å². The van der Waals surface area contributed by atoms with Crippen LogP contribution < -0.4 is 10.6 Å². The van der Waals surface area contributed by atoms with E-state index in [9.17, 15) is 27.9 Å². The Balaban J connectivity index is 2.55. The number of carbonyl (C=O) groups is 2. The molecule has 0 bridgehead atoms. The van der Waals surface area contributed by atoms with E-state index in [0.717, 1.165) is 4.47 Å². The highest BCUT2D eigenvalue weighted by molar-refractivity contribution is 9.10. The van der Waals surface area contributed by atoms with Crippen LogP contribution in [0.15, 0.2) is 34.8 Å². The molecule has 0 radical (unpaired) electrons. The number of nitrogens with one attached hydrogen (secondary N) is 2. The summed E-state index contributed by atoms with van der Waals surface area (Å²) in [6.07, 6.45) is -4.90. The second-order valence-electron chi connectivity index (χ2n) is 5.07. The first kappa shape index (κ1) is 19.7. The van der Waals surface area contributed by atoms with Crippen LogP contribution in [0.25, 0.3) is 0 Å². The van der Waals surface area contributed by atoms with Gasteiger partial charge in [0.05, 0.1) is 11.3 Å². The fraction of sp³-hybridized carbons (Fsp3) is 0.188. The number of benzene rings is 1. The van der Waals surface area contributed by atoms with Gasteiger partial charge in [-0.3, -0.25) is 4.79 Å². The Bertz CT molecular complexity index is 839. The van der Waals surface area contributed by atoms with Crippen molar-refractivity contribution in [3.05, 3.63) is 51.8 Å². The van der Waals surface area contributed by atoms with Crippen LogP contribution in [0.3, 0.4) is 0 Å². The van der Waals surface area contributed by atoms with Gasteiger partial charge in [-0.15, -0.1) is 0 Å². The van der Waals surface area contributed by atoms with E-state index in [2.05, 4.69) is 31.5 Å². The summed E-state index contributed by atoms with van der Waals surface area (Å²) in [7, 11) is 0. The molecule has 10 heteroatoms. The van der Waals surface area contributed by atoms with Gasteiger partial charge in [0.15, 0.2) is 5.69 Å². The average molecular weight is 432 g/mol. The van der Waals surface area contributed by atoms with Crippen LogP contribution in [0.1, 0.15) is 33.5 Å². The summed E-state index contributed by atoms with van der Waals surface area (Å²) in [5.74, 6) is -2.57. The summed E-state index contributed by atoms with van der Waals surface area (Å²) in [6, 6.07) is 6.88. The standard InChI is InChI=1S/C16H13BrF3N3O3/c1-2-21-12-10(14(24)22-9-5-3-8(17)4-6-9)7-11(16(18,19)20)23-13(12)15(25)26/h3-7,21H,2H2,1H3,(H,22,24)(H,25,26). The molecule has 6 nitrogen and oxygen atoms in total. The molecule has 0 fully saturated rings. The lowest BCUT2D eigenvalue weighted by atomic mass is 10.1. The average Bonchev–Trinajstić information content (AvgIpc) is 2.56. The highest BCUT2D eigenvalue weighted by atomic mass is 79.9. The first-order valence-electron chi connectivity index (χ1n) is 7.29. The van der Waals surface area contributed by atoms with Crippen LogP contribution >= 0.6 is 15.9 Å². The van der Waals surface area contributed by atoms with E-state index in [1.54, 1.807) is 31.2 Å². The molecule has 0 spiro atoms. The number of pyridine rings is 1. The van der Waals surface area contributed by atoms with E-state index in [-0.39, 0.29) is 12.2 Å². The van der Waals surface area contributed by atoms with Gasteiger partial charge < -0.3 is 15.7 Å². The molecule has 1 aromatic carbocycles. The van der Waals surface area contributed by atoms with E-state index in [4.69, 9.17) is 0 Å². The monoisotopic (exact) mass is 431 g/mol. The molecule has 2 aromatic rings. The molecule has 2 rings (SSSR count). The molecule has 1 amide bonds. The van der Waals surface area contributed by atoms with Gasteiger partial charge in [0, 0.05) is 16.7 Å². The van der Waals surface area contributed by atoms with Crippen molar-refractivity contribution in [2.75, 3.05) is 17.2 Å². The Labute approximate surface area is 154 Å². The smallest absolute Gasteiger partial charge is 0.433 e. The van der Waals surface area contributed by atoms with Gasteiger partial charge in [0.2, 0.25) is 0 Å². The predicted octanol–water partition coefficient (Wildman–Crippen LogP) is 4.25. The van der Waals surface area contributed by atoms with E-state index in [0.29, 0.717) is 11.8 Å². The van der Waals surface area contributed by atoms with E-state index < -0.39 is 35.0 Å². The number of hydrogen-bond donors (Lipinski definition) is 3. The molecule has 0 saturated carbocycles. The number of alkyl halides is 3. The Morgan fingerprint density at radius 2 is 1.85 bits per heavy atom. The fourth-order valence-corrected chi connectivity index (χ4v) is 2.38. The minimum absolute atomic E-state index is 0.186. The maximum absolute atomic E-state index is 13.1. The quantitative estimate of drug-likeness (QED) is 0.658. The molecule has 0 aliphatic heterocycles. The molecule has 1 heterocycles. The van der Waals surface area contributed by atoms with Crippen LogP contribution in [0.4, 0.5) is 24.5 Å². The molecule has 0 saturated heterocycles. The SMILES string of the molecule is CCNc1c(C(=O)Nc2ccc(Br)cc2)cc(C(F)(F)F)nc1C(=O)O. The number of rotatable bonds is 5. The molecule has 138 valence electrons. The summed E-state index contributed by atoms with van der Waals surface area (Å²) >= 11 is 3.22. The number of carbonyl (C=O) groups excluding carboxylic acids is 1. The highest BCUT2D eigenvalue weighted by Gasteiger charge is 2.36. The largest absolute Gasteiger partial charge is 0.476 e. The second-order valence-corrected chi connectivity index (χ2v) is 5.99. The maximum Gasteiger partial charge on any atom is 0.433 e. The number of halogens is 4. The fourth-order valence-electron chi connectivity index (χ4n) is 2.11. The zero-order valence-corrected chi connectivity index (χ0v) is 14.9. The van der Waals surface area contributed by atoms with Crippen LogP contribution in [-0.4, -0.2) is 28.5 Å². The maximum atomic E-state index is 13.1. The normalized spacial score (nSPS) is 11.1. The van der Waals surface area contributed by atoms with E-state index >= 15 is 0 Å². The highest BCUT2D eigenvalue weighted by Crippen LogP contribution is 2.32. The number of carboxylic acids is 1. The molecular weight excluding hydrogens is 419 g/mol. The zero-order chi connectivity index (χ0) is 19.5. The van der Waals surface area contributed by atoms with Crippen LogP contribution in [-0.2, 0) is 6.18 Å². The minimum Gasteiger partial charge on any atom is -0.476 e. The number of hydrogen-bond acceptors (Lipinski definition) is 4. The topological polar surface area (TPSA) is 91.3 Å². The lowest BCUT2D eigenvalue weighted by Gasteiger charge is -2.16. The van der Waals surface area contributed by atoms with E-state index in [1.807, 2.05) is 0 Å². The van der Waals surface area contributed by atoms with Crippen molar-refractivity contribution in [1.29, 1.82) is 0 Å². The molecular formula is C16H13BrF3N3O3. The summed E-state index contributed by atoms with van der Waals surface area (Å²) in [5.41, 5.74) is -2.74. The number of anilines is 2. The lowest BCUT2D eigenvalue weighted by molar-refractivity contribution is -0.141. The third-order valence-corrected chi connectivity index (χ3v) is 3.74. The Morgan fingerprint density at radius 3 is 2.35 bits per heavy atom.